The second-order valence-electron chi connectivity index (χ2n) is 9.51. The van der Waals surface area contributed by atoms with Crippen molar-refractivity contribution >= 4 is 18.5 Å². The Kier molecular flexibility index (Phi) is 5.21. The number of carbonyl (C=O) groups is 1. The summed E-state index contributed by atoms with van der Waals surface area (Å²) >= 11 is 0. The maximum Gasteiger partial charge on any atom is 0.494 e. The van der Waals surface area contributed by atoms with Crippen molar-refractivity contribution in [1.82, 2.24) is 4.90 Å². The second kappa shape index (κ2) is 7.38. The first-order chi connectivity index (χ1) is 13.2. The summed E-state index contributed by atoms with van der Waals surface area (Å²) in [6, 6.07) is 8.03. The minimum Gasteiger partial charge on any atom is -0.493 e. The van der Waals surface area contributed by atoms with Crippen LogP contribution in [0.25, 0.3) is 0 Å². The van der Waals surface area contributed by atoms with Crippen molar-refractivity contribution in [3.63, 3.8) is 0 Å². The van der Waals surface area contributed by atoms with Crippen molar-refractivity contribution in [3.8, 4) is 5.75 Å². The largest absolute Gasteiger partial charge is 0.494 e. The molecule has 152 valence electrons. The van der Waals surface area contributed by atoms with E-state index in [1.165, 1.54) is 0 Å². The molecule has 1 aromatic rings. The molecule has 0 unspecified atom stereocenters. The fourth-order valence-corrected chi connectivity index (χ4v) is 3.85. The standard InChI is InChI=1S/C22H32BNO4/c1-21(2)22(3,4)28-23(27-21)18-6-5-7-19(14-18)26-15-16-10-12-24(13-11-16)20(25)17-8-9-17/h5-7,14,16-17H,8-13,15H2,1-4H3. The maximum atomic E-state index is 12.2. The van der Waals surface area contributed by atoms with Crippen molar-refractivity contribution in [3.05, 3.63) is 24.3 Å². The third-order valence-corrected chi connectivity index (χ3v) is 6.72. The fourth-order valence-electron chi connectivity index (χ4n) is 3.85. The van der Waals surface area contributed by atoms with E-state index in [1.807, 2.05) is 29.2 Å². The first kappa shape index (κ1) is 19.8. The molecule has 6 heteroatoms. The van der Waals surface area contributed by atoms with Crippen LogP contribution in [0.3, 0.4) is 0 Å². The lowest BCUT2D eigenvalue weighted by Crippen LogP contribution is -2.41. The highest BCUT2D eigenvalue weighted by Gasteiger charge is 2.51. The van der Waals surface area contributed by atoms with Gasteiger partial charge in [0.05, 0.1) is 17.8 Å². The lowest BCUT2D eigenvalue weighted by molar-refractivity contribution is -0.134. The summed E-state index contributed by atoms with van der Waals surface area (Å²) in [7, 11) is -0.370. The highest BCUT2D eigenvalue weighted by Crippen LogP contribution is 2.36. The number of amides is 1. The molecule has 0 spiro atoms. The molecule has 0 atom stereocenters. The lowest BCUT2D eigenvalue weighted by atomic mass is 9.79. The molecular weight excluding hydrogens is 353 g/mol. The van der Waals surface area contributed by atoms with Gasteiger partial charge >= 0.3 is 7.12 Å². The summed E-state index contributed by atoms with van der Waals surface area (Å²) < 4.78 is 18.4. The molecule has 3 fully saturated rings. The third kappa shape index (κ3) is 4.08. The van der Waals surface area contributed by atoms with Gasteiger partial charge in [-0.05, 0) is 76.9 Å². The Labute approximate surface area is 168 Å². The van der Waals surface area contributed by atoms with Crippen molar-refractivity contribution in [2.45, 2.75) is 64.6 Å². The Balaban J connectivity index is 1.29. The monoisotopic (exact) mass is 385 g/mol. The van der Waals surface area contributed by atoms with Crippen molar-refractivity contribution in [1.29, 1.82) is 0 Å². The molecule has 2 aliphatic heterocycles. The van der Waals surface area contributed by atoms with Crippen LogP contribution in [0.5, 0.6) is 5.75 Å². The van der Waals surface area contributed by atoms with Gasteiger partial charge in [-0.15, -0.1) is 0 Å². The summed E-state index contributed by atoms with van der Waals surface area (Å²) in [5.74, 6) is 2.05. The van der Waals surface area contributed by atoms with E-state index in [1.54, 1.807) is 0 Å². The van der Waals surface area contributed by atoms with E-state index in [9.17, 15) is 4.79 Å². The fraction of sp³-hybridized carbons (Fsp3) is 0.682. The summed E-state index contributed by atoms with van der Waals surface area (Å²) in [6.45, 7) is 10.7. The third-order valence-electron chi connectivity index (χ3n) is 6.72. The van der Waals surface area contributed by atoms with Gasteiger partial charge in [0.15, 0.2) is 0 Å². The van der Waals surface area contributed by atoms with Gasteiger partial charge in [-0.3, -0.25) is 4.79 Å². The van der Waals surface area contributed by atoms with Gasteiger partial charge in [-0.25, -0.2) is 0 Å². The van der Waals surface area contributed by atoms with Crippen LogP contribution in [0.15, 0.2) is 24.3 Å². The van der Waals surface area contributed by atoms with Gasteiger partial charge in [0.1, 0.15) is 5.75 Å². The zero-order valence-corrected chi connectivity index (χ0v) is 17.6. The number of likely N-dealkylation sites (tertiary alicyclic amines) is 1. The van der Waals surface area contributed by atoms with E-state index in [4.69, 9.17) is 14.0 Å². The van der Waals surface area contributed by atoms with Gasteiger partial charge in [0.2, 0.25) is 5.91 Å². The Hall–Kier alpha value is -1.53. The normalized spacial score (nSPS) is 24.4. The van der Waals surface area contributed by atoms with Crippen LogP contribution in [0.2, 0.25) is 0 Å². The topological polar surface area (TPSA) is 48.0 Å². The molecule has 0 radical (unpaired) electrons. The summed E-state index contributed by atoms with van der Waals surface area (Å²) in [5, 5.41) is 0. The van der Waals surface area contributed by atoms with Crippen LogP contribution >= 0.6 is 0 Å². The van der Waals surface area contributed by atoms with Gasteiger partial charge in [0.25, 0.3) is 0 Å². The van der Waals surface area contributed by atoms with Crippen LogP contribution in [0.4, 0.5) is 0 Å². The molecule has 0 bridgehead atoms. The molecule has 3 aliphatic rings. The summed E-state index contributed by atoms with van der Waals surface area (Å²) in [4.78, 5) is 14.2. The number of ether oxygens (including phenoxy) is 1. The minimum atomic E-state index is -0.370. The predicted molar refractivity (Wildman–Crippen MR) is 110 cm³/mol. The van der Waals surface area contributed by atoms with Crippen molar-refractivity contribution < 1.29 is 18.8 Å². The molecule has 0 N–H and O–H groups in total. The van der Waals surface area contributed by atoms with Crippen LogP contribution < -0.4 is 10.2 Å². The smallest absolute Gasteiger partial charge is 0.493 e. The zero-order valence-electron chi connectivity index (χ0n) is 17.6. The number of hydrogen-bond donors (Lipinski definition) is 0. The quantitative estimate of drug-likeness (QED) is 0.732. The Bertz CT molecular complexity index is 707. The Morgan fingerprint density at radius 2 is 1.75 bits per heavy atom. The minimum absolute atomic E-state index is 0.325. The first-order valence-corrected chi connectivity index (χ1v) is 10.6. The van der Waals surface area contributed by atoms with E-state index < -0.39 is 0 Å². The average molecular weight is 385 g/mol. The highest BCUT2D eigenvalue weighted by molar-refractivity contribution is 6.62. The molecule has 4 rings (SSSR count). The van der Waals surface area contributed by atoms with Crippen LogP contribution in [0, 0.1) is 11.8 Å². The number of piperidine rings is 1. The number of benzene rings is 1. The highest BCUT2D eigenvalue weighted by atomic mass is 16.7. The van der Waals surface area contributed by atoms with E-state index in [-0.39, 0.29) is 18.3 Å². The molecule has 0 aromatic heterocycles. The molecule has 28 heavy (non-hydrogen) atoms. The average Bonchev–Trinajstić information content (AvgIpc) is 3.47. The summed E-state index contributed by atoms with van der Waals surface area (Å²) in [5.41, 5.74) is 0.293. The van der Waals surface area contributed by atoms with Crippen LogP contribution in [-0.4, -0.2) is 48.8 Å². The van der Waals surface area contributed by atoms with E-state index in [2.05, 4.69) is 27.7 Å². The van der Waals surface area contributed by atoms with Gasteiger partial charge in [-0.1, -0.05) is 12.1 Å². The second-order valence-corrected chi connectivity index (χ2v) is 9.51. The van der Waals surface area contributed by atoms with E-state index >= 15 is 0 Å². The molecule has 1 amide bonds. The molecule has 5 nitrogen and oxygen atoms in total. The van der Waals surface area contributed by atoms with Crippen molar-refractivity contribution in [2.24, 2.45) is 11.8 Å². The van der Waals surface area contributed by atoms with E-state index in [0.29, 0.717) is 24.3 Å². The van der Waals surface area contributed by atoms with Gasteiger partial charge in [-0.2, -0.15) is 0 Å². The molecule has 1 aromatic carbocycles. The van der Waals surface area contributed by atoms with Crippen LogP contribution in [-0.2, 0) is 14.1 Å². The van der Waals surface area contributed by atoms with Gasteiger partial charge < -0.3 is 18.9 Å². The Morgan fingerprint density at radius 3 is 2.36 bits per heavy atom. The number of carbonyl (C=O) groups excluding carboxylic acids is 1. The Morgan fingerprint density at radius 1 is 1.11 bits per heavy atom. The maximum absolute atomic E-state index is 12.2. The predicted octanol–water partition coefficient (Wildman–Crippen LogP) is 3.01. The van der Waals surface area contributed by atoms with Crippen molar-refractivity contribution in [2.75, 3.05) is 19.7 Å². The molecular formula is C22H32BNO4. The molecule has 1 aliphatic carbocycles. The van der Waals surface area contributed by atoms with Gasteiger partial charge in [0, 0.05) is 19.0 Å². The van der Waals surface area contributed by atoms with E-state index in [0.717, 1.165) is 50.0 Å². The molecule has 1 saturated carbocycles. The number of hydrogen-bond acceptors (Lipinski definition) is 4. The lowest BCUT2D eigenvalue weighted by Gasteiger charge is -2.32. The number of rotatable bonds is 5. The first-order valence-electron chi connectivity index (χ1n) is 10.6. The summed E-state index contributed by atoms with van der Waals surface area (Å²) in [6.07, 6.45) is 4.22. The molecule has 2 heterocycles. The zero-order chi connectivity index (χ0) is 19.9. The SMILES string of the molecule is CC1(C)OB(c2cccc(OCC3CCN(C(=O)C4CC4)CC3)c2)OC1(C)C. The number of nitrogens with zero attached hydrogens (tertiary/aromatic N) is 1. The molecule has 2 saturated heterocycles. The van der Waals surface area contributed by atoms with Crippen LogP contribution in [0.1, 0.15) is 53.4 Å².